The van der Waals surface area contributed by atoms with E-state index in [0.717, 1.165) is 6.08 Å². The van der Waals surface area contributed by atoms with Gasteiger partial charge in [-0.1, -0.05) is 6.58 Å². The van der Waals surface area contributed by atoms with Crippen LogP contribution in [0.5, 0.6) is 0 Å². The maximum absolute atomic E-state index is 11.1. The van der Waals surface area contributed by atoms with Crippen molar-refractivity contribution in [2.24, 2.45) is 0 Å². The molecule has 0 aromatic carbocycles. The summed E-state index contributed by atoms with van der Waals surface area (Å²) in [5.41, 5.74) is 0. The van der Waals surface area contributed by atoms with Crippen LogP contribution in [0.15, 0.2) is 12.7 Å². The molecule has 0 fully saturated rings. The lowest BCUT2D eigenvalue weighted by Crippen LogP contribution is -2.32. The van der Waals surface area contributed by atoms with Gasteiger partial charge in [0.15, 0.2) is 0 Å². The molecule has 0 rings (SSSR count). The Morgan fingerprint density at radius 1 is 1.64 bits per heavy atom. The van der Waals surface area contributed by atoms with Crippen molar-refractivity contribution in [2.45, 2.75) is 6.92 Å². The number of hydrogen-bond donors (Lipinski definition) is 2. The second-order valence-corrected chi connectivity index (χ2v) is 3.69. The van der Waals surface area contributed by atoms with Gasteiger partial charge in [-0.15, -0.1) is 0 Å². The number of carbonyl (C=O) groups is 1. The van der Waals surface area contributed by atoms with Crippen LogP contribution in [-0.2, 0) is 13.9 Å². The lowest BCUT2D eigenvalue weighted by atomic mass is 10.4. The first-order valence-corrected chi connectivity index (χ1v) is 5.55. The summed E-state index contributed by atoms with van der Waals surface area (Å²) in [5, 5.41) is 0. The number of likely N-dealkylation sites (N-methyl/N-ethyl adjacent to an activating group) is 1. The monoisotopic (exact) mass is 223 g/mol. The number of nitrogens with zero attached hydrogens (tertiary/aromatic N) is 1. The summed E-state index contributed by atoms with van der Waals surface area (Å²) in [5.74, 6) is -0.290. The van der Waals surface area contributed by atoms with E-state index in [0.29, 0.717) is 6.54 Å². The van der Waals surface area contributed by atoms with E-state index in [4.69, 9.17) is 9.79 Å². The van der Waals surface area contributed by atoms with Crippen LogP contribution in [0.4, 0.5) is 0 Å². The minimum atomic E-state index is -4.43. The van der Waals surface area contributed by atoms with Gasteiger partial charge in [-0.2, -0.15) is 0 Å². The SMILES string of the molecule is C=CC(=O)N(CC)CCOP(=O)(O)O. The van der Waals surface area contributed by atoms with E-state index >= 15 is 0 Å². The first-order valence-electron chi connectivity index (χ1n) is 4.02. The number of phosphoric ester groups is 1. The Morgan fingerprint density at radius 2 is 2.21 bits per heavy atom. The van der Waals surface area contributed by atoms with E-state index in [1.807, 2.05) is 0 Å². The van der Waals surface area contributed by atoms with Crippen molar-refractivity contribution in [3.63, 3.8) is 0 Å². The van der Waals surface area contributed by atoms with Gasteiger partial charge in [0.1, 0.15) is 0 Å². The molecule has 0 spiro atoms. The third kappa shape index (κ3) is 5.88. The predicted octanol–water partition coefficient (Wildman–Crippen LogP) is 0.130. The van der Waals surface area contributed by atoms with E-state index in [9.17, 15) is 9.36 Å². The van der Waals surface area contributed by atoms with Crippen LogP contribution < -0.4 is 0 Å². The van der Waals surface area contributed by atoms with Crippen LogP contribution in [-0.4, -0.2) is 40.3 Å². The fraction of sp³-hybridized carbons (Fsp3) is 0.571. The molecule has 2 N–H and O–H groups in total. The lowest BCUT2D eigenvalue weighted by molar-refractivity contribution is -0.126. The Labute approximate surface area is 82.4 Å². The van der Waals surface area contributed by atoms with E-state index in [2.05, 4.69) is 11.1 Å². The molecule has 0 bridgehead atoms. The van der Waals surface area contributed by atoms with Gasteiger partial charge in [0.25, 0.3) is 0 Å². The van der Waals surface area contributed by atoms with Gasteiger partial charge in [0, 0.05) is 13.1 Å². The highest BCUT2D eigenvalue weighted by Crippen LogP contribution is 2.35. The van der Waals surface area contributed by atoms with Crippen LogP contribution in [0.2, 0.25) is 0 Å². The van der Waals surface area contributed by atoms with Crippen LogP contribution in [0.1, 0.15) is 6.92 Å². The molecule has 6 nitrogen and oxygen atoms in total. The second-order valence-electron chi connectivity index (χ2n) is 2.45. The van der Waals surface area contributed by atoms with Gasteiger partial charge >= 0.3 is 7.82 Å². The average molecular weight is 223 g/mol. The van der Waals surface area contributed by atoms with Crippen molar-refractivity contribution >= 4 is 13.7 Å². The number of rotatable bonds is 6. The van der Waals surface area contributed by atoms with Crippen LogP contribution in [0.25, 0.3) is 0 Å². The predicted molar refractivity (Wildman–Crippen MR) is 50.4 cm³/mol. The molecule has 0 aliphatic heterocycles. The minimum Gasteiger partial charge on any atom is -0.337 e. The fourth-order valence-corrected chi connectivity index (χ4v) is 1.14. The Hall–Kier alpha value is -0.680. The maximum Gasteiger partial charge on any atom is 0.469 e. The van der Waals surface area contributed by atoms with Crippen molar-refractivity contribution in [1.29, 1.82) is 0 Å². The van der Waals surface area contributed by atoms with Gasteiger partial charge < -0.3 is 14.7 Å². The molecule has 7 heteroatoms. The molecule has 0 unspecified atom stereocenters. The fourth-order valence-electron chi connectivity index (χ4n) is 0.823. The molecule has 0 radical (unpaired) electrons. The third-order valence-corrected chi connectivity index (χ3v) is 2.01. The summed E-state index contributed by atoms with van der Waals surface area (Å²) in [6.45, 7) is 5.42. The van der Waals surface area contributed by atoms with Crippen LogP contribution in [0.3, 0.4) is 0 Å². The first-order chi connectivity index (χ1) is 6.40. The molecule has 0 heterocycles. The number of carbonyl (C=O) groups excluding carboxylic acids is 1. The molecule has 0 aromatic rings. The lowest BCUT2D eigenvalue weighted by Gasteiger charge is -2.18. The van der Waals surface area contributed by atoms with Gasteiger partial charge in [-0.3, -0.25) is 9.32 Å². The molecule has 14 heavy (non-hydrogen) atoms. The standard InChI is InChI=1S/C7H14NO5P/c1-3-7(9)8(4-2)5-6-13-14(10,11)12/h3H,1,4-6H2,2H3,(H2,10,11,12). The zero-order valence-corrected chi connectivity index (χ0v) is 8.81. The zero-order valence-electron chi connectivity index (χ0n) is 7.92. The molecule has 0 atom stereocenters. The summed E-state index contributed by atoms with van der Waals surface area (Å²) in [6, 6.07) is 0. The summed E-state index contributed by atoms with van der Waals surface area (Å²) in [4.78, 5) is 29.1. The summed E-state index contributed by atoms with van der Waals surface area (Å²) < 4.78 is 14.5. The Bertz CT molecular complexity index is 248. The van der Waals surface area contributed by atoms with Gasteiger partial charge in [-0.25, -0.2) is 4.57 Å². The summed E-state index contributed by atoms with van der Waals surface area (Å²) >= 11 is 0. The van der Waals surface area contributed by atoms with E-state index in [1.165, 1.54) is 4.90 Å². The van der Waals surface area contributed by atoms with Crippen molar-refractivity contribution in [3.8, 4) is 0 Å². The molecule has 0 aliphatic carbocycles. The Balaban J connectivity index is 3.91. The Kier molecular flexibility index (Phi) is 5.64. The number of amides is 1. The zero-order chi connectivity index (χ0) is 11.2. The number of phosphoric acid groups is 1. The number of hydrogen-bond acceptors (Lipinski definition) is 3. The van der Waals surface area contributed by atoms with Crippen molar-refractivity contribution in [3.05, 3.63) is 12.7 Å². The third-order valence-electron chi connectivity index (χ3n) is 1.49. The molecule has 82 valence electrons. The van der Waals surface area contributed by atoms with Crippen molar-refractivity contribution < 1.29 is 23.7 Å². The van der Waals surface area contributed by atoms with Gasteiger partial charge in [-0.05, 0) is 13.0 Å². The summed E-state index contributed by atoms with van der Waals surface area (Å²) in [6.07, 6.45) is 1.14. The molecule has 1 amide bonds. The molecule has 0 aromatic heterocycles. The van der Waals surface area contributed by atoms with Crippen molar-refractivity contribution in [2.75, 3.05) is 19.7 Å². The van der Waals surface area contributed by atoms with E-state index < -0.39 is 7.82 Å². The quantitative estimate of drug-likeness (QED) is 0.493. The van der Waals surface area contributed by atoms with E-state index in [-0.39, 0.29) is 19.1 Å². The molecular formula is C7H14NO5P. The smallest absolute Gasteiger partial charge is 0.337 e. The van der Waals surface area contributed by atoms with Gasteiger partial charge in [0.05, 0.1) is 6.61 Å². The highest BCUT2D eigenvalue weighted by molar-refractivity contribution is 7.46. The minimum absolute atomic E-state index is 0.131. The van der Waals surface area contributed by atoms with E-state index in [1.54, 1.807) is 6.92 Å². The molecule has 0 saturated heterocycles. The molecule has 0 aliphatic rings. The topological polar surface area (TPSA) is 87.1 Å². The highest BCUT2D eigenvalue weighted by Gasteiger charge is 2.15. The first kappa shape index (κ1) is 13.3. The molecule has 0 saturated carbocycles. The maximum atomic E-state index is 11.1. The molecular weight excluding hydrogens is 209 g/mol. The van der Waals surface area contributed by atoms with Crippen molar-refractivity contribution in [1.82, 2.24) is 4.90 Å². The normalized spacial score (nSPS) is 11.1. The van der Waals surface area contributed by atoms with Crippen LogP contribution >= 0.6 is 7.82 Å². The largest absolute Gasteiger partial charge is 0.469 e. The second kappa shape index (κ2) is 5.93. The highest BCUT2D eigenvalue weighted by atomic mass is 31.2. The van der Waals surface area contributed by atoms with Crippen LogP contribution in [0, 0.1) is 0 Å². The average Bonchev–Trinajstić information content (AvgIpc) is 2.09. The summed E-state index contributed by atoms with van der Waals surface area (Å²) in [7, 11) is -4.43. The Morgan fingerprint density at radius 3 is 2.57 bits per heavy atom. The van der Waals surface area contributed by atoms with Gasteiger partial charge in [0.2, 0.25) is 5.91 Å².